The lowest BCUT2D eigenvalue weighted by atomic mass is 9.94. The van der Waals surface area contributed by atoms with Gasteiger partial charge in [-0.15, -0.1) is 11.3 Å². The molecule has 2 aliphatic rings. The highest BCUT2D eigenvalue weighted by Gasteiger charge is 2.30. The fraction of sp³-hybridized carbons (Fsp3) is 0.407. The molecule has 0 saturated carbocycles. The molecule has 1 atom stereocenters. The first kappa shape index (κ1) is 27.1. The SMILES string of the molecule is CC.N#Cc1c(N)sc2c(F)cnc(-c3c4c(c5cnc(OCC6CCCN6CCO)nc5c3F)COC4)c12. The van der Waals surface area contributed by atoms with Gasteiger partial charge in [0.25, 0.3) is 0 Å². The van der Waals surface area contributed by atoms with Crippen LogP contribution >= 0.6 is 11.3 Å². The lowest BCUT2D eigenvalue weighted by molar-refractivity contribution is 0.135. The van der Waals surface area contributed by atoms with E-state index in [1.807, 2.05) is 19.9 Å². The number of thiophene rings is 1. The number of aliphatic hydroxyl groups is 1. The van der Waals surface area contributed by atoms with Crippen molar-refractivity contribution in [1.82, 2.24) is 19.9 Å². The number of ether oxygens (including phenoxy) is 2. The molecule has 4 aromatic rings. The van der Waals surface area contributed by atoms with Crippen molar-refractivity contribution in [3.63, 3.8) is 0 Å². The van der Waals surface area contributed by atoms with Crippen LogP contribution in [0.4, 0.5) is 13.8 Å². The molecular formula is C27H28F2N6O3S. The molecule has 0 radical (unpaired) electrons. The smallest absolute Gasteiger partial charge is 0.317 e. The molecule has 5 heterocycles. The summed E-state index contributed by atoms with van der Waals surface area (Å²) in [6.45, 7) is 6.18. The molecule has 3 N–H and O–H groups in total. The zero-order chi connectivity index (χ0) is 27.7. The maximum absolute atomic E-state index is 16.3. The lowest BCUT2D eigenvalue weighted by Crippen LogP contribution is -2.36. The fourth-order valence-corrected chi connectivity index (χ4v) is 6.20. The van der Waals surface area contributed by atoms with Crippen LogP contribution in [0, 0.1) is 23.0 Å². The quantitative estimate of drug-likeness (QED) is 0.353. The van der Waals surface area contributed by atoms with Gasteiger partial charge in [0.15, 0.2) is 11.6 Å². The topological polar surface area (TPSA) is 130 Å². The van der Waals surface area contributed by atoms with E-state index in [1.165, 1.54) is 6.20 Å². The molecular weight excluding hydrogens is 526 g/mol. The number of pyridine rings is 1. The van der Waals surface area contributed by atoms with E-state index in [4.69, 9.17) is 15.2 Å². The van der Waals surface area contributed by atoms with E-state index in [1.54, 1.807) is 0 Å². The summed E-state index contributed by atoms with van der Waals surface area (Å²) < 4.78 is 42.5. The van der Waals surface area contributed by atoms with Crippen LogP contribution in [0.2, 0.25) is 0 Å². The number of hydrogen-bond acceptors (Lipinski definition) is 10. The summed E-state index contributed by atoms with van der Waals surface area (Å²) in [6, 6.07) is 2.15. The van der Waals surface area contributed by atoms with E-state index >= 15 is 4.39 Å². The summed E-state index contributed by atoms with van der Waals surface area (Å²) in [6.07, 6.45) is 4.46. The van der Waals surface area contributed by atoms with Gasteiger partial charge < -0.3 is 20.3 Å². The molecule has 1 unspecified atom stereocenters. The number of rotatable bonds is 6. The number of nitrogens with two attached hydrogens (primary N) is 1. The molecule has 6 rings (SSSR count). The van der Waals surface area contributed by atoms with Crippen LogP contribution < -0.4 is 10.5 Å². The Morgan fingerprint density at radius 1 is 1.26 bits per heavy atom. The van der Waals surface area contributed by atoms with Crippen LogP contribution in [-0.4, -0.2) is 57.3 Å². The van der Waals surface area contributed by atoms with Gasteiger partial charge in [0, 0.05) is 35.1 Å². The van der Waals surface area contributed by atoms with E-state index in [0.717, 1.165) is 36.9 Å². The standard InChI is InChI=1S/C25H22F2N6O3S.C2H6/c26-17-8-30-22(19-13(6-28)24(29)37-23(17)19)18-16-11-35-10-15(16)14-7-31-25(32-21(14)20(18)27)36-9-12-2-1-3-33(12)4-5-34;1-2/h7-8,12,34H,1-5,9-11,29H2;1-2H3. The number of benzene rings is 1. The molecule has 0 spiro atoms. The third-order valence-electron chi connectivity index (χ3n) is 7.01. The first-order valence-electron chi connectivity index (χ1n) is 12.8. The Bertz CT molecular complexity index is 1590. The predicted octanol–water partition coefficient (Wildman–Crippen LogP) is 4.53. The maximum atomic E-state index is 16.3. The Kier molecular flexibility index (Phi) is 7.86. The monoisotopic (exact) mass is 554 g/mol. The third-order valence-corrected chi connectivity index (χ3v) is 8.04. The number of nitrogen functional groups attached to an aromatic ring is 1. The predicted molar refractivity (Wildman–Crippen MR) is 144 cm³/mol. The summed E-state index contributed by atoms with van der Waals surface area (Å²) in [7, 11) is 0. The summed E-state index contributed by atoms with van der Waals surface area (Å²) >= 11 is 0.927. The minimum absolute atomic E-state index is 0.0294. The fourth-order valence-electron chi connectivity index (χ4n) is 5.28. The van der Waals surface area contributed by atoms with Gasteiger partial charge in [-0.1, -0.05) is 13.8 Å². The van der Waals surface area contributed by atoms with E-state index in [-0.39, 0.29) is 69.3 Å². The van der Waals surface area contributed by atoms with Crippen molar-refractivity contribution < 1.29 is 23.4 Å². The minimum Gasteiger partial charge on any atom is -0.462 e. The maximum Gasteiger partial charge on any atom is 0.317 e. The Morgan fingerprint density at radius 3 is 2.82 bits per heavy atom. The number of aromatic nitrogens is 3. The zero-order valence-corrected chi connectivity index (χ0v) is 22.4. The molecule has 1 aromatic carbocycles. The van der Waals surface area contributed by atoms with Gasteiger partial charge in [0.2, 0.25) is 0 Å². The molecule has 9 nitrogen and oxygen atoms in total. The molecule has 2 aliphatic heterocycles. The second-order valence-corrected chi connectivity index (χ2v) is 10.1. The normalized spacial score (nSPS) is 16.8. The summed E-state index contributed by atoms with van der Waals surface area (Å²) in [5.74, 6) is -1.31. The Labute approximate surface area is 227 Å². The van der Waals surface area contributed by atoms with Gasteiger partial charge >= 0.3 is 6.01 Å². The number of β-amino-alcohol motifs (C(OH)–C–C–N with tert-alkyl or cyclic N) is 1. The molecule has 1 saturated heterocycles. The third kappa shape index (κ3) is 4.65. The second kappa shape index (κ2) is 11.3. The molecule has 0 amide bonds. The van der Waals surface area contributed by atoms with E-state index < -0.39 is 11.6 Å². The largest absolute Gasteiger partial charge is 0.462 e. The minimum atomic E-state index is -0.677. The summed E-state index contributed by atoms with van der Waals surface area (Å²) in [5, 5.41) is 19.8. The number of nitriles is 1. The van der Waals surface area contributed by atoms with Crippen molar-refractivity contribution in [2.45, 2.75) is 45.9 Å². The average molecular weight is 555 g/mol. The number of aliphatic hydroxyl groups excluding tert-OH is 1. The Balaban J connectivity index is 0.00000151. The van der Waals surface area contributed by atoms with Gasteiger partial charge in [-0.2, -0.15) is 10.2 Å². The number of halogens is 2. The molecule has 12 heteroatoms. The van der Waals surface area contributed by atoms with Crippen molar-refractivity contribution >= 4 is 37.3 Å². The average Bonchev–Trinajstić information content (AvgIpc) is 3.69. The van der Waals surface area contributed by atoms with Crippen molar-refractivity contribution in [3.8, 4) is 23.3 Å². The first-order chi connectivity index (χ1) is 19.0. The molecule has 3 aromatic heterocycles. The first-order valence-corrected chi connectivity index (χ1v) is 13.7. The van der Waals surface area contributed by atoms with E-state index in [9.17, 15) is 14.8 Å². The molecule has 39 heavy (non-hydrogen) atoms. The van der Waals surface area contributed by atoms with Gasteiger partial charge in [-0.3, -0.25) is 9.88 Å². The van der Waals surface area contributed by atoms with E-state index in [0.29, 0.717) is 29.7 Å². The Morgan fingerprint density at radius 2 is 2.05 bits per heavy atom. The summed E-state index contributed by atoms with van der Waals surface area (Å²) in [5.41, 5.74) is 7.57. The van der Waals surface area contributed by atoms with Crippen LogP contribution in [0.5, 0.6) is 6.01 Å². The van der Waals surface area contributed by atoms with Gasteiger partial charge in [0.1, 0.15) is 23.2 Å². The number of fused-ring (bicyclic) bond motifs is 4. The van der Waals surface area contributed by atoms with E-state index in [2.05, 4.69) is 19.9 Å². The molecule has 0 aliphatic carbocycles. The van der Waals surface area contributed by atoms with Crippen molar-refractivity contribution in [3.05, 3.63) is 40.7 Å². The van der Waals surface area contributed by atoms with Crippen molar-refractivity contribution in [1.29, 1.82) is 5.26 Å². The van der Waals surface area contributed by atoms with Crippen LogP contribution in [-0.2, 0) is 18.0 Å². The number of hydrogen-bond donors (Lipinski definition) is 2. The number of likely N-dealkylation sites (tertiary alicyclic amines) is 1. The molecule has 204 valence electrons. The second-order valence-electron chi connectivity index (χ2n) is 9.03. The Hall–Kier alpha value is -3.50. The van der Waals surface area contributed by atoms with Gasteiger partial charge in [0.05, 0.1) is 42.0 Å². The number of anilines is 1. The van der Waals surface area contributed by atoms with Crippen molar-refractivity contribution in [2.75, 3.05) is 32.0 Å². The van der Waals surface area contributed by atoms with Crippen LogP contribution in [0.1, 0.15) is 43.4 Å². The highest BCUT2D eigenvalue weighted by atomic mass is 32.1. The molecule has 1 fully saturated rings. The zero-order valence-electron chi connectivity index (χ0n) is 21.6. The van der Waals surface area contributed by atoms with Crippen LogP contribution in [0.3, 0.4) is 0 Å². The highest BCUT2D eigenvalue weighted by molar-refractivity contribution is 7.23. The lowest BCUT2D eigenvalue weighted by Gasteiger charge is -2.23. The van der Waals surface area contributed by atoms with Gasteiger partial charge in [-0.25, -0.2) is 13.8 Å². The van der Waals surface area contributed by atoms with Gasteiger partial charge in [-0.05, 0) is 30.5 Å². The highest BCUT2D eigenvalue weighted by Crippen LogP contribution is 2.45. The van der Waals surface area contributed by atoms with Crippen LogP contribution in [0.15, 0.2) is 12.4 Å². The van der Waals surface area contributed by atoms with Crippen molar-refractivity contribution in [2.24, 2.45) is 0 Å². The van der Waals surface area contributed by atoms with Crippen LogP contribution in [0.25, 0.3) is 32.2 Å². The number of nitrogens with zero attached hydrogens (tertiary/aromatic N) is 5. The summed E-state index contributed by atoms with van der Waals surface area (Å²) in [4.78, 5) is 15.1. The molecule has 0 bridgehead atoms.